The third-order valence-corrected chi connectivity index (χ3v) is 7.14. The third kappa shape index (κ3) is 2.75. The highest BCUT2D eigenvalue weighted by Crippen LogP contribution is 2.45. The maximum absolute atomic E-state index is 12.5. The van der Waals surface area contributed by atoms with E-state index in [-0.39, 0.29) is 21.0 Å². The minimum Gasteiger partial charge on any atom is -0.208 e. The molecule has 0 aliphatic heterocycles. The molecule has 3 atom stereocenters. The summed E-state index contributed by atoms with van der Waals surface area (Å²) in [7, 11) is -3.68. The Morgan fingerprint density at radius 1 is 1.15 bits per heavy atom. The molecule has 7 heteroatoms. The highest BCUT2D eigenvalue weighted by atomic mass is 79.9. The highest BCUT2D eigenvalue weighted by molar-refractivity contribution is 9.10. The Morgan fingerprint density at radius 2 is 1.80 bits per heavy atom. The van der Waals surface area contributed by atoms with Gasteiger partial charge >= 0.3 is 0 Å². The number of halogens is 3. The van der Waals surface area contributed by atoms with E-state index in [9.17, 15) is 8.42 Å². The van der Waals surface area contributed by atoms with E-state index in [0.29, 0.717) is 16.3 Å². The lowest BCUT2D eigenvalue weighted by Crippen LogP contribution is -2.38. The molecule has 2 aliphatic carbocycles. The number of benzene rings is 1. The van der Waals surface area contributed by atoms with Crippen LogP contribution >= 0.6 is 39.1 Å². The van der Waals surface area contributed by atoms with Crippen molar-refractivity contribution in [3.8, 4) is 0 Å². The van der Waals surface area contributed by atoms with Gasteiger partial charge in [-0.1, -0.05) is 45.6 Å². The van der Waals surface area contributed by atoms with Gasteiger partial charge in [-0.15, -0.1) is 0 Å². The zero-order valence-electron chi connectivity index (χ0n) is 10.6. The van der Waals surface area contributed by atoms with Crippen LogP contribution in [0.3, 0.4) is 0 Å². The quantitative estimate of drug-likeness (QED) is 0.828. The van der Waals surface area contributed by atoms with Gasteiger partial charge in [0.1, 0.15) is 4.90 Å². The number of rotatable bonds is 3. The van der Waals surface area contributed by atoms with Crippen molar-refractivity contribution in [1.29, 1.82) is 0 Å². The van der Waals surface area contributed by atoms with Gasteiger partial charge in [0, 0.05) is 10.5 Å². The summed E-state index contributed by atoms with van der Waals surface area (Å²) in [5, 5.41) is 0.278. The number of hydrogen-bond donors (Lipinski definition) is 1. The molecule has 0 aromatic heterocycles. The molecule has 20 heavy (non-hydrogen) atoms. The van der Waals surface area contributed by atoms with E-state index in [1.807, 2.05) is 0 Å². The summed E-state index contributed by atoms with van der Waals surface area (Å²) in [6.07, 6.45) is 4.40. The zero-order chi connectivity index (χ0) is 14.5. The first-order valence-corrected chi connectivity index (χ1v) is 9.57. The van der Waals surface area contributed by atoms with E-state index < -0.39 is 10.0 Å². The van der Waals surface area contributed by atoms with Gasteiger partial charge in [0.15, 0.2) is 0 Å². The molecule has 0 radical (unpaired) electrons. The van der Waals surface area contributed by atoms with Gasteiger partial charge in [-0.3, -0.25) is 0 Å². The molecule has 2 fully saturated rings. The van der Waals surface area contributed by atoms with Crippen molar-refractivity contribution in [2.45, 2.75) is 36.6 Å². The Bertz CT molecular complexity index is 627. The summed E-state index contributed by atoms with van der Waals surface area (Å²) in [6, 6.07) is 3.11. The van der Waals surface area contributed by atoms with Crippen LogP contribution in [0.2, 0.25) is 10.0 Å². The highest BCUT2D eigenvalue weighted by Gasteiger charge is 2.41. The number of nitrogens with one attached hydrogen (secondary N) is 1. The number of fused-ring (bicyclic) bond motifs is 2. The molecule has 1 N–H and O–H groups in total. The first-order valence-electron chi connectivity index (χ1n) is 6.53. The van der Waals surface area contributed by atoms with Crippen LogP contribution in [0, 0.1) is 11.8 Å². The van der Waals surface area contributed by atoms with Crippen LogP contribution in [0.5, 0.6) is 0 Å². The lowest BCUT2D eigenvalue weighted by atomic mass is 9.96. The van der Waals surface area contributed by atoms with Crippen LogP contribution in [-0.2, 0) is 10.0 Å². The monoisotopic (exact) mass is 397 g/mol. The lowest BCUT2D eigenvalue weighted by molar-refractivity contribution is 0.390. The molecule has 0 heterocycles. The molecule has 0 saturated heterocycles. The molecular formula is C13H14BrCl2NO2S. The largest absolute Gasteiger partial charge is 0.243 e. The molecule has 0 amide bonds. The normalized spacial score (nSPS) is 29.1. The van der Waals surface area contributed by atoms with Crippen molar-refractivity contribution in [2.75, 3.05) is 0 Å². The van der Waals surface area contributed by atoms with E-state index in [1.54, 1.807) is 12.1 Å². The fourth-order valence-corrected chi connectivity index (χ4v) is 6.69. The minimum atomic E-state index is -3.68. The Labute approximate surface area is 137 Å². The van der Waals surface area contributed by atoms with E-state index in [0.717, 1.165) is 19.3 Å². The van der Waals surface area contributed by atoms with Gasteiger partial charge in [0.2, 0.25) is 10.0 Å². The van der Waals surface area contributed by atoms with Crippen molar-refractivity contribution in [2.24, 2.45) is 11.8 Å². The molecule has 2 saturated carbocycles. The second-order valence-corrected chi connectivity index (χ2v) is 8.98. The van der Waals surface area contributed by atoms with E-state index >= 15 is 0 Å². The molecule has 2 aliphatic rings. The van der Waals surface area contributed by atoms with Gasteiger partial charge < -0.3 is 0 Å². The summed E-state index contributed by atoms with van der Waals surface area (Å²) < 4.78 is 28.5. The topological polar surface area (TPSA) is 46.2 Å². The van der Waals surface area contributed by atoms with Crippen LogP contribution in [-0.4, -0.2) is 14.5 Å². The molecule has 3 unspecified atom stereocenters. The maximum Gasteiger partial charge on any atom is 0.243 e. The summed E-state index contributed by atoms with van der Waals surface area (Å²) >= 11 is 15.3. The average molecular weight is 399 g/mol. The average Bonchev–Trinajstić information content (AvgIpc) is 2.87. The second-order valence-electron chi connectivity index (χ2n) is 5.60. The standard InChI is InChI=1S/C13H14BrCl2NO2S/c14-9-5-10(15)13(11(16)6-9)20(18,19)17-12-4-7-1-2-8(12)3-7/h5-8,12,17H,1-4H2. The molecule has 1 aromatic rings. The third-order valence-electron chi connectivity index (χ3n) is 4.28. The number of sulfonamides is 1. The van der Waals surface area contributed by atoms with Crippen LogP contribution in [0.1, 0.15) is 25.7 Å². The summed E-state index contributed by atoms with van der Waals surface area (Å²) in [5.41, 5.74) is 0. The molecule has 3 rings (SSSR count). The summed E-state index contributed by atoms with van der Waals surface area (Å²) in [4.78, 5) is -0.0215. The van der Waals surface area contributed by atoms with Crippen LogP contribution in [0.25, 0.3) is 0 Å². The maximum atomic E-state index is 12.5. The smallest absolute Gasteiger partial charge is 0.208 e. The molecular weight excluding hydrogens is 385 g/mol. The van der Waals surface area contributed by atoms with Crippen molar-refractivity contribution < 1.29 is 8.42 Å². The lowest BCUT2D eigenvalue weighted by Gasteiger charge is -2.23. The Balaban J connectivity index is 1.89. The summed E-state index contributed by atoms with van der Waals surface area (Å²) in [5.74, 6) is 1.13. The first-order chi connectivity index (χ1) is 9.37. The molecule has 2 bridgehead atoms. The number of hydrogen-bond acceptors (Lipinski definition) is 2. The molecule has 0 spiro atoms. The van der Waals surface area contributed by atoms with Crippen molar-refractivity contribution >= 4 is 49.2 Å². The predicted octanol–water partition coefficient (Wildman–Crippen LogP) is 4.22. The van der Waals surface area contributed by atoms with Gasteiger partial charge in [-0.05, 0) is 43.2 Å². The summed E-state index contributed by atoms with van der Waals surface area (Å²) in [6.45, 7) is 0. The van der Waals surface area contributed by atoms with Gasteiger partial charge in [-0.25, -0.2) is 13.1 Å². The Morgan fingerprint density at radius 3 is 2.30 bits per heavy atom. The van der Waals surface area contributed by atoms with E-state index in [1.165, 1.54) is 6.42 Å². The first kappa shape index (κ1) is 15.1. The van der Waals surface area contributed by atoms with Gasteiger partial charge in [0.25, 0.3) is 0 Å². The van der Waals surface area contributed by atoms with Crippen LogP contribution < -0.4 is 4.72 Å². The van der Waals surface area contributed by atoms with Crippen molar-refractivity contribution in [3.05, 3.63) is 26.7 Å². The van der Waals surface area contributed by atoms with Gasteiger partial charge in [-0.2, -0.15) is 0 Å². The van der Waals surface area contributed by atoms with E-state index in [2.05, 4.69) is 20.7 Å². The van der Waals surface area contributed by atoms with Crippen molar-refractivity contribution in [3.63, 3.8) is 0 Å². The zero-order valence-corrected chi connectivity index (χ0v) is 14.5. The molecule has 1 aromatic carbocycles. The van der Waals surface area contributed by atoms with Crippen molar-refractivity contribution in [1.82, 2.24) is 4.72 Å². The minimum absolute atomic E-state index is 0.0215. The fraction of sp³-hybridized carbons (Fsp3) is 0.538. The fourth-order valence-electron chi connectivity index (χ4n) is 3.43. The molecule has 3 nitrogen and oxygen atoms in total. The Hall–Kier alpha value is 0.190. The predicted molar refractivity (Wildman–Crippen MR) is 83.7 cm³/mol. The van der Waals surface area contributed by atoms with Crippen LogP contribution in [0.15, 0.2) is 21.5 Å². The van der Waals surface area contributed by atoms with Gasteiger partial charge in [0.05, 0.1) is 10.0 Å². The SMILES string of the molecule is O=S(=O)(NC1CC2CCC1C2)c1c(Cl)cc(Br)cc1Cl. The molecule has 110 valence electrons. The van der Waals surface area contributed by atoms with Crippen LogP contribution in [0.4, 0.5) is 0 Å². The second kappa shape index (κ2) is 5.43. The van der Waals surface area contributed by atoms with E-state index in [4.69, 9.17) is 23.2 Å². The Kier molecular flexibility index (Phi) is 4.10.